The number of benzene rings is 1. The Balaban J connectivity index is 2.09. The second-order valence-corrected chi connectivity index (χ2v) is 5.01. The highest BCUT2D eigenvalue weighted by atomic mass is 16.5. The van der Waals surface area contributed by atoms with Crippen molar-refractivity contribution in [3.63, 3.8) is 0 Å². The summed E-state index contributed by atoms with van der Waals surface area (Å²) in [4.78, 5) is 2.13. The van der Waals surface area contributed by atoms with E-state index in [0.717, 1.165) is 32.8 Å². The zero-order valence-corrected chi connectivity index (χ0v) is 12.1. The third-order valence-corrected chi connectivity index (χ3v) is 3.01. The van der Waals surface area contributed by atoms with Crippen LogP contribution in [-0.2, 0) is 11.3 Å². The second-order valence-electron chi connectivity index (χ2n) is 5.01. The maximum absolute atomic E-state index is 5.52. The van der Waals surface area contributed by atoms with Crippen LogP contribution in [-0.4, -0.2) is 45.3 Å². The number of aryl methyl sites for hydroxylation is 2. The van der Waals surface area contributed by atoms with E-state index in [1.54, 1.807) is 0 Å². The molecule has 1 aromatic rings. The lowest BCUT2D eigenvalue weighted by atomic mass is 10.1. The highest BCUT2D eigenvalue weighted by Crippen LogP contribution is 2.09. The van der Waals surface area contributed by atoms with Crippen molar-refractivity contribution in [3.8, 4) is 0 Å². The van der Waals surface area contributed by atoms with Crippen LogP contribution in [0.3, 0.4) is 0 Å². The van der Waals surface area contributed by atoms with E-state index in [0.29, 0.717) is 0 Å². The molecular formula is C15H26N2O. The topological polar surface area (TPSA) is 24.5 Å². The predicted octanol–water partition coefficient (Wildman–Crippen LogP) is 1.97. The minimum atomic E-state index is 0.776. The summed E-state index contributed by atoms with van der Waals surface area (Å²) < 4.78 is 5.52. The van der Waals surface area contributed by atoms with Gasteiger partial charge in [0.15, 0.2) is 0 Å². The van der Waals surface area contributed by atoms with Crippen LogP contribution < -0.4 is 5.32 Å². The Bertz CT molecular complexity index is 350. The van der Waals surface area contributed by atoms with Gasteiger partial charge in [-0.1, -0.05) is 18.2 Å². The van der Waals surface area contributed by atoms with Crippen LogP contribution in [0.2, 0.25) is 0 Å². The Morgan fingerprint density at radius 2 is 1.89 bits per heavy atom. The Morgan fingerprint density at radius 1 is 1.11 bits per heavy atom. The minimum Gasteiger partial charge on any atom is -0.379 e. The van der Waals surface area contributed by atoms with Gasteiger partial charge in [-0.05, 0) is 44.6 Å². The summed E-state index contributed by atoms with van der Waals surface area (Å²) in [6.07, 6.45) is 0. The fraction of sp³-hybridized carbons (Fsp3) is 0.600. The molecule has 0 atom stereocenters. The average Bonchev–Trinajstić information content (AvgIpc) is 2.32. The third kappa shape index (κ3) is 6.15. The third-order valence-electron chi connectivity index (χ3n) is 3.01. The molecule has 3 heteroatoms. The highest BCUT2D eigenvalue weighted by molar-refractivity contribution is 5.29. The van der Waals surface area contributed by atoms with Gasteiger partial charge in [-0.25, -0.2) is 0 Å². The molecule has 0 saturated carbocycles. The van der Waals surface area contributed by atoms with E-state index < -0.39 is 0 Å². The number of ether oxygens (including phenoxy) is 1. The van der Waals surface area contributed by atoms with Crippen molar-refractivity contribution >= 4 is 0 Å². The standard InChI is InChI=1S/C15H26N2O/c1-13-5-6-15(11-14(13)2)12-16-7-9-18-10-8-17(3)4/h5-6,11,16H,7-10,12H2,1-4H3. The van der Waals surface area contributed by atoms with Crippen molar-refractivity contribution in [1.29, 1.82) is 0 Å². The molecule has 0 bridgehead atoms. The Kier molecular flexibility index (Phi) is 6.94. The number of nitrogens with zero attached hydrogens (tertiary/aromatic N) is 1. The van der Waals surface area contributed by atoms with Crippen molar-refractivity contribution in [3.05, 3.63) is 34.9 Å². The van der Waals surface area contributed by atoms with Crippen molar-refractivity contribution in [2.24, 2.45) is 0 Å². The number of hydrogen-bond acceptors (Lipinski definition) is 3. The van der Waals surface area contributed by atoms with Crippen LogP contribution in [0.4, 0.5) is 0 Å². The van der Waals surface area contributed by atoms with E-state index in [-0.39, 0.29) is 0 Å². The largest absolute Gasteiger partial charge is 0.379 e. The fourth-order valence-electron chi connectivity index (χ4n) is 1.64. The smallest absolute Gasteiger partial charge is 0.0593 e. The van der Waals surface area contributed by atoms with Gasteiger partial charge in [0, 0.05) is 19.6 Å². The van der Waals surface area contributed by atoms with Crippen LogP contribution in [0.1, 0.15) is 16.7 Å². The van der Waals surface area contributed by atoms with E-state index in [2.05, 4.69) is 56.4 Å². The predicted molar refractivity (Wildman–Crippen MR) is 77.0 cm³/mol. The van der Waals surface area contributed by atoms with Crippen LogP contribution in [0, 0.1) is 13.8 Å². The summed E-state index contributed by atoms with van der Waals surface area (Å²) in [6.45, 7) is 8.68. The van der Waals surface area contributed by atoms with Gasteiger partial charge in [0.05, 0.1) is 13.2 Å². The first kappa shape index (κ1) is 15.2. The monoisotopic (exact) mass is 250 g/mol. The first-order chi connectivity index (χ1) is 8.59. The lowest BCUT2D eigenvalue weighted by Gasteiger charge is -2.10. The molecule has 0 radical (unpaired) electrons. The molecule has 1 rings (SSSR count). The molecule has 1 aromatic carbocycles. The van der Waals surface area contributed by atoms with Gasteiger partial charge in [-0.3, -0.25) is 0 Å². The Morgan fingerprint density at radius 3 is 2.56 bits per heavy atom. The summed E-state index contributed by atoms with van der Waals surface area (Å²) >= 11 is 0. The zero-order valence-electron chi connectivity index (χ0n) is 12.1. The molecule has 0 fully saturated rings. The van der Waals surface area contributed by atoms with Crippen molar-refractivity contribution in [2.75, 3.05) is 40.4 Å². The highest BCUT2D eigenvalue weighted by Gasteiger charge is 1.96. The molecule has 0 amide bonds. The molecule has 0 aliphatic rings. The zero-order chi connectivity index (χ0) is 13.4. The van der Waals surface area contributed by atoms with Gasteiger partial charge < -0.3 is 15.0 Å². The number of likely N-dealkylation sites (N-methyl/N-ethyl adjacent to an activating group) is 1. The lowest BCUT2D eigenvalue weighted by molar-refractivity contribution is 0.119. The Hall–Kier alpha value is -0.900. The summed E-state index contributed by atoms with van der Waals surface area (Å²) in [5.74, 6) is 0. The van der Waals surface area contributed by atoms with Crippen molar-refractivity contribution in [1.82, 2.24) is 10.2 Å². The molecule has 3 nitrogen and oxygen atoms in total. The molecule has 0 aromatic heterocycles. The molecule has 0 aliphatic heterocycles. The number of hydrogen-bond donors (Lipinski definition) is 1. The molecule has 18 heavy (non-hydrogen) atoms. The summed E-state index contributed by atoms with van der Waals surface area (Å²) in [6, 6.07) is 6.61. The molecule has 0 spiro atoms. The van der Waals surface area contributed by atoms with Gasteiger partial charge in [0.25, 0.3) is 0 Å². The summed E-state index contributed by atoms with van der Waals surface area (Å²) in [7, 11) is 4.11. The van der Waals surface area contributed by atoms with Crippen molar-refractivity contribution < 1.29 is 4.74 Å². The van der Waals surface area contributed by atoms with Gasteiger partial charge in [0.1, 0.15) is 0 Å². The van der Waals surface area contributed by atoms with E-state index in [9.17, 15) is 0 Å². The average molecular weight is 250 g/mol. The van der Waals surface area contributed by atoms with Crippen LogP contribution in [0.5, 0.6) is 0 Å². The molecule has 0 saturated heterocycles. The van der Waals surface area contributed by atoms with E-state index in [1.165, 1.54) is 16.7 Å². The molecular weight excluding hydrogens is 224 g/mol. The van der Waals surface area contributed by atoms with Gasteiger partial charge in [-0.15, -0.1) is 0 Å². The molecule has 0 heterocycles. The normalized spacial score (nSPS) is 11.2. The first-order valence-corrected chi connectivity index (χ1v) is 6.59. The maximum atomic E-state index is 5.52. The van der Waals surface area contributed by atoms with E-state index >= 15 is 0 Å². The molecule has 1 N–H and O–H groups in total. The molecule has 0 aliphatic carbocycles. The van der Waals surface area contributed by atoms with Crippen LogP contribution in [0.15, 0.2) is 18.2 Å². The van der Waals surface area contributed by atoms with Crippen LogP contribution >= 0.6 is 0 Å². The maximum Gasteiger partial charge on any atom is 0.0593 e. The van der Waals surface area contributed by atoms with Gasteiger partial charge in [-0.2, -0.15) is 0 Å². The van der Waals surface area contributed by atoms with Gasteiger partial charge >= 0.3 is 0 Å². The van der Waals surface area contributed by atoms with Crippen LogP contribution in [0.25, 0.3) is 0 Å². The second kappa shape index (κ2) is 8.25. The van der Waals surface area contributed by atoms with Crippen molar-refractivity contribution in [2.45, 2.75) is 20.4 Å². The number of rotatable bonds is 8. The van der Waals surface area contributed by atoms with Gasteiger partial charge in [0.2, 0.25) is 0 Å². The Labute approximate surface area is 111 Å². The molecule has 0 unspecified atom stereocenters. The fourth-order valence-corrected chi connectivity index (χ4v) is 1.64. The first-order valence-electron chi connectivity index (χ1n) is 6.59. The summed E-state index contributed by atoms with van der Waals surface area (Å²) in [5.41, 5.74) is 4.05. The minimum absolute atomic E-state index is 0.776. The molecule has 102 valence electrons. The SMILES string of the molecule is Cc1ccc(CNCCOCCN(C)C)cc1C. The quantitative estimate of drug-likeness (QED) is 0.714. The van der Waals surface area contributed by atoms with E-state index in [1.807, 2.05) is 0 Å². The summed E-state index contributed by atoms with van der Waals surface area (Å²) in [5, 5.41) is 3.40. The number of nitrogens with one attached hydrogen (secondary N) is 1. The van der Waals surface area contributed by atoms with E-state index in [4.69, 9.17) is 4.74 Å². The lowest BCUT2D eigenvalue weighted by Crippen LogP contribution is -2.23.